The van der Waals surface area contributed by atoms with Gasteiger partial charge in [-0.15, -0.1) is 11.3 Å². The SMILES string of the molecule is NC1(c2noc(-c3csc(-c4ccccc4Cl)n3)n2)CCC1. The standard InChI is InChI=1S/C15H13ClN4OS/c16-10-5-2-1-4-9(10)13-18-11(8-22-13)12-19-14(20-21-12)15(17)6-3-7-15/h1-2,4-5,8H,3,6-7,17H2. The molecule has 1 fully saturated rings. The molecule has 0 spiro atoms. The number of thiazole rings is 1. The van der Waals surface area contributed by atoms with Crippen LogP contribution in [0.1, 0.15) is 25.1 Å². The zero-order valence-electron chi connectivity index (χ0n) is 11.6. The fourth-order valence-corrected chi connectivity index (χ4v) is 3.56. The Balaban J connectivity index is 1.66. The highest BCUT2D eigenvalue weighted by molar-refractivity contribution is 7.13. The van der Waals surface area contributed by atoms with Gasteiger partial charge >= 0.3 is 0 Å². The minimum atomic E-state index is -0.427. The van der Waals surface area contributed by atoms with E-state index >= 15 is 0 Å². The van der Waals surface area contributed by atoms with Gasteiger partial charge in [0.25, 0.3) is 5.89 Å². The molecule has 3 aromatic rings. The normalized spacial score (nSPS) is 16.5. The summed E-state index contributed by atoms with van der Waals surface area (Å²) in [4.78, 5) is 8.96. The van der Waals surface area contributed by atoms with Gasteiger partial charge in [-0.25, -0.2) is 4.98 Å². The van der Waals surface area contributed by atoms with Gasteiger partial charge in [-0.2, -0.15) is 4.98 Å². The number of halogens is 1. The lowest BCUT2D eigenvalue weighted by molar-refractivity contribution is 0.229. The third-order valence-electron chi connectivity index (χ3n) is 3.94. The summed E-state index contributed by atoms with van der Waals surface area (Å²) in [5.74, 6) is 0.974. The van der Waals surface area contributed by atoms with Gasteiger partial charge in [0.05, 0.1) is 10.6 Å². The van der Waals surface area contributed by atoms with Gasteiger partial charge in [0, 0.05) is 10.9 Å². The molecule has 4 rings (SSSR count). The number of aromatic nitrogens is 3. The maximum atomic E-state index is 6.21. The summed E-state index contributed by atoms with van der Waals surface area (Å²) < 4.78 is 5.32. The lowest BCUT2D eigenvalue weighted by Crippen LogP contribution is -2.44. The van der Waals surface area contributed by atoms with Crippen molar-refractivity contribution in [1.82, 2.24) is 15.1 Å². The third kappa shape index (κ3) is 2.24. The largest absolute Gasteiger partial charge is 0.332 e. The Morgan fingerprint density at radius 2 is 2.05 bits per heavy atom. The highest BCUT2D eigenvalue weighted by Gasteiger charge is 2.39. The monoisotopic (exact) mass is 332 g/mol. The minimum Gasteiger partial charge on any atom is -0.332 e. The molecule has 112 valence electrons. The van der Waals surface area contributed by atoms with E-state index in [9.17, 15) is 0 Å². The molecule has 2 aromatic heterocycles. The van der Waals surface area contributed by atoms with Crippen molar-refractivity contribution in [2.24, 2.45) is 5.73 Å². The average molecular weight is 333 g/mol. The van der Waals surface area contributed by atoms with E-state index in [0.717, 1.165) is 29.8 Å². The van der Waals surface area contributed by atoms with Crippen LogP contribution < -0.4 is 5.73 Å². The van der Waals surface area contributed by atoms with Crippen LogP contribution in [-0.4, -0.2) is 15.1 Å². The number of benzene rings is 1. The van der Waals surface area contributed by atoms with E-state index < -0.39 is 5.54 Å². The Kier molecular flexibility index (Phi) is 3.25. The van der Waals surface area contributed by atoms with Gasteiger partial charge in [0.2, 0.25) is 0 Å². The lowest BCUT2D eigenvalue weighted by Gasteiger charge is -2.34. The van der Waals surface area contributed by atoms with E-state index in [4.69, 9.17) is 21.9 Å². The molecule has 5 nitrogen and oxygen atoms in total. The second-order valence-electron chi connectivity index (χ2n) is 5.45. The first-order valence-electron chi connectivity index (χ1n) is 7.00. The first-order chi connectivity index (χ1) is 10.7. The van der Waals surface area contributed by atoms with Crippen LogP contribution in [0.2, 0.25) is 5.02 Å². The summed E-state index contributed by atoms with van der Waals surface area (Å²) in [5, 5.41) is 7.40. The van der Waals surface area contributed by atoms with Gasteiger partial charge in [-0.05, 0) is 25.3 Å². The Labute approximate surface area is 136 Å². The van der Waals surface area contributed by atoms with Gasteiger partial charge in [-0.3, -0.25) is 0 Å². The van der Waals surface area contributed by atoms with E-state index in [-0.39, 0.29) is 0 Å². The molecule has 1 aliphatic rings. The smallest absolute Gasteiger partial charge is 0.277 e. The molecule has 1 aliphatic carbocycles. The van der Waals surface area contributed by atoms with Crippen LogP contribution in [-0.2, 0) is 5.54 Å². The Morgan fingerprint density at radius 1 is 1.23 bits per heavy atom. The van der Waals surface area contributed by atoms with Crippen molar-refractivity contribution in [3.63, 3.8) is 0 Å². The van der Waals surface area contributed by atoms with Crippen molar-refractivity contribution < 1.29 is 4.52 Å². The summed E-state index contributed by atoms with van der Waals surface area (Å²) in [6.07, 6.45) is 2.90. The van der Waals surface area contributed by atoms with Crippen LogP contribution in [0, 0.1) is 0 Å². The van der Waals surface area contributed by atoms with Crippen molar-refractivity contribution in [2.75, 3.05) is 0 Å². The molecule has 1 aromatic carbocycles. The lowest BCUT2D eigenvalue weighted by atomic mass is 9.77. The zero-order valence-corrected chi connectivity index (χ0v) is 13.2. The number of nitrogens with two attached hydrogens (primary N) is 1. The topological polar surface area (TPSA) is 77.8 Å². The molecule has 0 radical (unpaired) electrons. The van der Waals surface area contributed by atoms with Crippen molar-refractivity contribution in [3.05, 3.63) is 40.5 Å². The molecule has 0 saturated heterocycles. The maximum absolute atomic E-state index is 6.21. The van der Waals surface area contributed by atoms with Crippen LogP contribution >= 0.6 is 22.9 Å². The predicted octanol–water partition coefficient (Wildman–Crippen LogP) is 3.85. The highest BCUT2D eigenvalue weighted by Crippen LogP contribution is 2.38. The summed E-state index contributed by atoms with van der Waals surface area (Å²) in [6.45, 7) is 0. The van der Waals surface area contributed by atoms with Gasteiger partial charge in [-0.1, -0.05) is 35.0 Å². The van der Waals surface area contributed by atoms with Crippen molar-refractivity contribution >= 4 is 22.9 Å². The van der Waals surface area contributed by atoms with Crippen LogP contribution in [0.3, 0.4) is 0 Å². The van der Waals surface area contributed by atoms with Gasteiger partial charge < -0.3 is 10.3 Å². The van der Waals surface area contributed by atoms with Crippen LogP contribution in [0.5, 0.6) is 0 Å². The number of nitrogens with zero attached hydrogens (tertiary/aromatic N) is 3. The summed E-state index contributed by atoms with van der Waals surface area (Å²) >= 11 is 7.70. The number of rotatable bonds is 3. The van der Waals surface area contributed by atoms with E-state index in [2.05, 4.69) is 15.1 Å². The van der Waals surface area contributed by atoms with Crippen LogP contribution in [0.4, 0.5) is 0 Å². The number of hydrogen-bond donors (Lipinski definition) is 1. The molecule has 2 heterocycles. The van der Waals surface area contributed by atoms with Crippen molar-refractivity contribution in [2.45, 2.75) is 24.8 Å². The summed E-state index contributed by atoms with van der Waals surface area (Å²) in [6, 6.07) is 7.61. The highest BCUT2D eigenvalue weighted by atomic mass is 35.5. The van der Waals surface area contributed by atoms with Crippen LogP contribution in [0.25, 0.3) is 22.2 Å². The molecule has 7 heteroatoms. The second kappa shape index (κ2) is 5.15. The molecule has 0 atom stereocenters. The Bertz CT molecular complexity index is 824. The maximum Gasteiger partial charge on any atom is 0.277 e. The number of hydrogen-bond acceptors (Lipinski definition) is 6. The van der Waals surface area contributed by atoms with Gasteiger partial charge in [0.15, 0.2) is 5.82 Å². The summed E-state index contributed by atoms with van der Waals surface area (Å²) in [7, 11) is 0. The second-order valence-corrected chi connectivity index (χ2v) is 6.72. The zero-order chi connectivity index (χ0) is 15.2. The Hall–Kier alpha value is -1.76. The minimum absolute atomic E-state index is 0.404. The third-order valence-corrected chi connectivity index (χ3v) is 5.15. The molecule has 0 aliphatic heterocycles. The van der Waals surface area contributed by atoms with E-state index in [1.807, 2.05) is 29.6 Å². The fourth-order valence-electron chi connectivity index (χ4n) is 2.44. The molecule has 1 saturated carbocycles. The predicted molar refractivity (Wildman–Crippen MR) is 85.6 cm³/mol. The molecule has 0 bridgehead atoms. The molecular weight excluding hydrogens is 320 g/mol. The van der Waals surface area contributed by atoms with E-state index in [0.29, 0.717) is 22.4 Å². The molecule has 0 amide bonds. The van der Waals surface area contributed by atoms with E-state index in [1.54, 1.807) is 0 Å². The van der Waals surface area contributed by atoms with Gasteiger partial charge in [0.1, 0.15) is 10.7 Å². The fraction of sp³-hybridized carbons (Fsp3) is 0.267. The van der Waals surface area contributed by atoms with Crippen molar-refractivity contribution in [3.8, 4) is 22.2 Å². The average Bonchev–Trinajstić information content (AvgIpc) is 3.14. The Morgan fingerprint density at radius 3 is 2.77 bits per heavy atom. The molecule has 22 heavy (non-hydrogen) atoms. The molecule has 2 N–H and O–H groups in total. The van der Waals surface area contributed by atoms with Crippen LogP contribution in [0.15, 0.2) is 34.2 Å². The first-order valence-corrected chi connectivity index (χ1v) is 8.25. The molecular formula is C15H13ClN4OS. The summed E-state index contributed by atoms with van der Waals surface area (Å²) in [5.41, 5.74) is 7.34. The van der Waals surface area contributed by atoms with Crippen molar-refractivity contribution in [1.29, 1.82) is 0 Å². The molecule has 0 unspecified atom stereocenters. The first kappa shape index (κ1) is 13.9. The van der Waals surface area contributed by atoms with E-state index in [1.165, 1.54) is 11.3 Å². The quantitative estimate of drug-likeness (QED) is 0.788.